The largest absolute Gasteiger partial charge is 0.347 e. The fraction of sp³-hybridized carbons (Fsp3) is 0.316. The molecule has 0 unspecified atom stereocenters. The maximum Gasteiger partial charge on any atom is 0.262 e. The number of benzene rings is 1. The van der Waals surface area contributed by atoms with Gasteiger partial charge in [-0.1, -0.05) is 50.2 Å². The molecule has 1 N–H and O–H groups in total. The third-order valence-electron chi connectivity index (χ3n) is 4.09. The first-order valence-corrected chi connectivity index (χ1v) is 9.20. The lowest BCUT2D eigenvalue weighted by atomic mass is 10.0. The van der Waals surface area contributed by atoms with Crippen molar-refractivity contribution < 1.29 is 9.59 Å². The van der Waals surface area contributed by atoms with Gasteiger partial charge in [-0.25, -0.2) is 5.01 Å². The smallest absolute Gasteiger partial charge is 0.262 e. The van der Waals surface area contributed by atoms with E-state index in [1.807, 2.05) is 47.8 Å². The van der Waals surface area contributed by atoms with E-state index in [0.717, 1.165) is 16.2 Å². The van der Waals surface area contributed by atoms with Crippen LogP contribution in [0, 0.1) is 5.92 Å². The summed E-state index contributed by atoms with van der Waals surface area (Å²) in [6.07, 6.45) is 0.675. The SMILES string of the molecule is CC(C)C(=O)NCC(=O)N1N=C(c2cccs2)C[C@@H]1c1ccccc1. The minimum Gasteiger partial charge on any atom is -0.347 e. The number of carbonyl (C=O) groups excluding carboxylic acids is 2. The van der Waals surface area contributed by atoms with Crippen LogP contribution in [0.1, 0.15) is 36.8 Å². The molecule has 1 atom stereocenters. The fourth-order valence-electron chi connectivity index (χ4n) is 2.71. The molecule has 6 heteroatoms. The van der Waals surface area contributed by atoms with Gasteiger partial charge in [-0.2, -0.15) is 5.10 Å². The molecule has 2 aromatic rings. The van der Waals surface area contributed by atoms with Crippen LogP contribution < -0.4 is 5.32 Å². The maximum absolute atomic E-state index is 12.7. The van der Waals surface area contributed by atoms with Crippen LogP contribution in [0.5, 0.6) is 0 Å². The molecule has 0 fully saturated rings. The number of carbonyl (C=O) groups is 2. The van der Waals surface area contributed by atoms with Crippen LogP contribution >= 0.6 is 11.3 Å². The average molecular weight is 355 g/mol. The summed E-state index contributed by atoms with van der Waals surface area (Å²) in [5.41, 5.74) is 1.95. The second-order valence-electron chi connectivity index (χ2n) is 6.27. The van der Waals surface area contributed by atoms with Gasteiger partial charge in [0, 0.05) is 12.3 Å². The fourth-order valence-corrected chi connectivity index (χ4v) is 3.44. The van der Waals surface area contributed by atoms with E-state index in [9.17, 15) is 9.59 Å². The van der Waals surface area contributed by atoms with E-state index in [1.165, 1.54) is 5.01 Å². The second kappa shape index (κ2) is 7.61. The summed E-state index contributed by atoms with van der Waals surface area (Å²) in [6, 6.07) is 13.7. The van der Waals surface area contributed by atoms with Gasteiger partial charge in [-0.3, -0.25) is 9.59 Å². The molecule has 0 aliphatic carbocycles. The van der Waals surface area contributed by atoms with Gasteiger partial charge in [0.15, 0.2) is 0 Å². The first-order valence-electron chi connectivity index (χ1n) is 8.32. The molecular formula is C19H21N3O2S. The molecule has 0 radical (unpaired) electrons. The minimum atomic E-state index is -0.200. The Balaban J connectivity index is 1.80. The number of rotatable bonds is 5. The normalized spacial score (nSPS) is 16.8. The number of nitrogens with zero attached hydrogens (tertiary/aromatic N) is 2. The van der Waals surface area contributed by atoms with Crippen LogP contribution in [0.2, 0.25) is 0 Å². The van der Waals surface area contributed by atoms with E-state index in [2.05, 4.69) is 10.4 Å². The van der Waals surface area contributed by atoms with Crippen LogP contribution in [0.3, 0.4) is 0 Å². The summed E-state index contributed by atoms with van der Waals surface area (Å²) in [6.45, 7) is 3.56. The number of hydrogen-bond acceptors (Lipinski definition) is 4. The molecule has 2 amide bonds. The van der Waals surface area contributed by atoms with Crippen molar-refractivity contribution in [1.29, 1.82) is 0 Å². The predicted octanol–water partition coefficient (Wildman–Crippen LogP) is 3.20. The molecule has 130 valence electrons. The third-order valence-corrected chi connectivity index (χ3v) is 5.01. The van der Waals surface area contributed by atoms with Gasteiger partial charge in [0.05, 0.1) is 23.2 Å². The quantitative estimate of drug-likeness (QED) is 0.895. The Morgan fingerprint density at radius 3 is 2.64 bits per heavy atom. The van der Waals surface area contributed by atoms with Crippen molar-refractivity contribution in [1.82, 2.24) is 10.3 Å². The van der Waals surface area contributed by atoms with Crippen molar-refractivity contribution in [2.45, 2.75) is 26.3 Å². The predicted molar refractivity (Wildman–Crippen MR) is 99.3 cm³/mol. The Bertz CT molecular complexity index is 769. The van der Waals surface area contributed by atoms with Gasteiger partial charge >= 0.3 is 0 Å². The molecule has 2 heterocycles. The Labute approximate surface area is 151 Å². The van der Waals surface area contributed by atoms with Gasteiger partial charge < -0.3 is 5.32 Å². The first kappa shape index (κ1) is 17.4. The van der Waals surface area contributed by atoms with Crippen molar-refractivity contribution in [3.05, 3.63) is 58.3 Å². The van der Waals surface area contributed by atoms with Gasteiger partial charge in [0.2, 0.25) is 5.91 Å². The van der Waals surface area contributed by atoms with Crippen LogP contribution in [-0.4, -0.2) is 29.1 Å². The molecule has 0 saturated heterocycles. The molecule has 0 saturated carbocycles. The number of thiophene rings is 1. The molecule has 5 nitrogen and oxygen atoms in total. The molecule has 1 aromatic heterocycles. The topological polar surface area (TPSA) is 61.8 Å². The van der Waals surface area contributed by atoms with Crippen LogP contribution in [0.4, 0.5) is 0 Å². The van der Waals surface area contributed by atoms with E-state index in [4.69, 9.17) is 0 Å². The average Bonchev–Trinajstić information content (AvgIpc) is 3.29. The standard InChI is InChI=1S/C19H21N3O2S/c1-13(2)19(24)20-12-18(23)22-16(14-7-4-3-5-8-14)11-15(21-22)17-9-6-10-25-17/h3-10,13,16H,11-12H2,1-2H3,(H,20,24)/t16-/m1/s1. The maximum atomic E-state index is 12.7. The van der Waals surface area contributed by atoms with Gasteiger partial charge in [-0.05, 0) is 17.0 Å². The highest BCUT2D eigenvalue weighted by molar-refractivity contribution is 7.12. The highest BCUT2D eigenvalue weighted by atomic mass is 32.1. The number of hydrazone groups is 1. The zero-order chi connectivity index (χ0) is 17.8. The van der Waals surface area contributed by atoms with Crippen molar-refractivity contribution in [2.24, 2.45) is 11.0 Å². The molecule has 1 aliphatic rings. The van der Waals surface area contributed by atoms with Crippen LogP contribution in [0.15, 0.2) is 52.9 Å². The Morgan fingerprint density at radius 1 is 1.24 bits per heavy atom. The molecule has 0 spiro atoms. The zero-order valence-electron chi connectivity index (χ0n) is 14.3. The van der Waals surface area contributed by atoms with E-state index in [0.29, 0.717) is 6.42 Å². The van der Waals surface area contributed by atoms with Gasteiger partial charge in [-0.15, -0.1) is 11.3 Å². The third kappa shape index (κ3) is 3.96. The molecule has 3 rings (SSSR count). The highest BCUT2D eigenvalue weighted by Gasteiger charge is 2.33. The van der Waals surface area contributed by atoms with Gasteiger partial charge in [0.25, 0.3) is 5.91 Å². The molecule has 1 aromatic carbocycles. The lowest BCUT2D eigenvalue weighted by Crippen LogP contribution is -2.39. The van der Waals surface area contributed by atoms with Crippen molar-refractivity contribution in [3.8, 4) is 0 Å². The Hall–Kier alpha value is -2.47. The van der Waals surface area contributed by atoms with Gasteiger partial charge in [0.1, 0.15) is 0 Å². The molecule has 25 heavy (non-hydrogen) atoms. The van der Waals surface area contributed by atoms with Crippen LogP contribution in [0.25, 0.3) is 0 Å². The lowest BCUT2D eigenvalue weighted by molar-refractivity contribution is -0.135. The second-order valence-corrected chi connectivity index (χ2v) is 7.21. The molecule has 0 bridgehead atoms. The number of amides is 2. The number of nitrogens with one attached hydrogen (secondary N) is 1. The Morgan fingerprint density at radius 2 is 2.00 bits per heavy atom. The van der Waals surface area contributed by atoms with E-state index in [1.54, 1.807) is 25.2 Å². The summed E-state index contributed by atoms with van der Waals surface area (Å²) in [5.74, 6) is -0.484. The lowest BCUT2D eigenvalue weighted by Gasteiger charge is -2.22. The van der Waals surface area contributed by atoms with E-state index < -0.39 is 0 Å². The van der Waals surface area contributed by atoms with E-state index >= 15 is 0 Å². The Kier molecular flexibility index (Phi) is 5.28. The summed E-state index contributed by atoms with van der Waals surface area (Å²) in [4.78, 5) is 25.5. The minimum absolute atomic E-state index is 0.0401. The van der Waals surface area contributed by atoms with Crippen molar-refractivity contribution in [2.75, 3.05) is 6.54 Å². The zero-order valence-corrected chi connectivity index (χ0v) is 15.1. The van der Waals surface area contributed by atoms with Crippen LogP contribution in [-0.2, 0) is 9.59 Å². The summed E-state index contributed by atoms with van der Waals surface area (Å²) in [7, 11) is 0. The monoisotopic (exact) mass is 355 g/mol. The first-order chi connectivity index (χ1) is 12.1. The van der Waals surface area contributed by atoms with Crippen molar-refractivity contribution >= 4 is 28.9 Å². The number of hydrogen-bond donors (Lipinski definition) is 1. The summed E-state index contributed by atoms with van der Waals surface area (Å²) < 4.78 is 0. The summed E-state index contributed by atoms with van der Waals surface area (Å²) in [5, 5.41) is 10.8. The summed E-state index contributed by atoms with van der Waals surface area (Å²) >= 11 is 1.61. The van der Waals surface area contributed by atoms with Crippen molar-refractivity contribution in [3.63, 3.8) is 0 Å². The van der Waals surface area contributed by atoms with E-state index in [-0.39, 0.29) is 30.3 Å². The highest BCUT2D eigenvalue weighted by Crippen LogP contribution is 2.33. The molecular weight excluding hydrogens is 334 g/mol. The molecule has 1 aliphatic heterocycles.